The molecule has 86 valence electrons. The van der Waals surface area contributed by atoms with Crippen molar-refractivity contribution in [3.8, 4) is 0 Å². The second kappa shape index (κ2) is 5.01. The normalized spacial score (nSPS) is 25.4. The molecule has 0 heterocycles. The molecule has 1 fully saturated rings. The summed E-state index contributed by atoms with van der Waals surface area (Å²) in [7, 11) is 0. The van der Waals surface area contributed by atoms with E-state index in [0.29, 0.717) is 11.7 Å². The van der Waals surface area contributed by atoms with Gasteiger partial charge in [0.1, 0.15) is 5.78 Å². The Morgan fingerprint density at radius 3 is 2.44 bits per heavy atom. The van der Waals surface area contributed by atoms with E-state index < -0.39 is 0 Å². The molecule has 0 spiro atoms. The van der Waals surface area contributed by atoms with E-state index in [1.807, 2.05) is 12.1 Å². The average molecular weight is 237 g/mol. The number of carbonyl (C=O) groups excluding carboxylic acids is 1. The summed E-state index contributed by atoms with van der Waals surface area (Å²) in [6.07, 6.45) is 4.60. The van der Waals surface area contributed by atoms with E-state index in [2.05, 4.69) is 12.1 Å². The Balaban J connectivity index is 2.23. The molecule has 0 bridgehead atoms. The minimum atomic E-state index is 0.218. The molecule has 0 saturated heterocycles. The van der Waals surface area contributed by atoms with Crippen molar-refractivity contribution in [2.45, 2.75) is 38.5 Å². The largest absolute Gasteiger partial charge is 0.300 e. The average Bonchev–Trinajstić information content (AvgIpc) is 2.30. The van der Waals surface area contributed by atoms with Crippen LogP contribution in [-0.4, -0.2) is 5.78 Å². The summed E-state index contributed by atoms with van der Waals surface area (Å²) in [4.78, 5) is 11.6. The van der Waals surface area contributed by atoms with Crippen LogP contribution in [0.2, 0.25) is 5.02 Å². The maximum Gasteiger partial charge on any atom is 0.133 e. The summed E-state index contributed by atoms with van der Waals surface area (Å²) in [5.74, 6) is 0.957. The van der Waals surface area contributed by atoms with Gasteiger partial charge in [0.05, 0.1) is 0 Å². The zero-order valence-electron chi connectivity index (χ0n) is 9.58. The molecular weight excluding hydrogens is 220 g/mol. The van der Waals surface area contributed by atoms with Crippen LogP contribution >= 0.6 is 11.6 Å². The van der Waals surface area contributed by atoms with Crippen LogP contribution in [0.4, 0.5) is 0 Å². The van der Waals surface area contributed by atoms with Gasteiger partial charge in [-0.25, -0.2) is 0 Å². The van der Waals surface area contributed by atoms with E-state index in [4.69, 9.17) is 11.6 Å². The van der Waals surface area contributed by atoms with Gasteiger partial charge >= 0.3 is 0 Å². The highest BCUT2D eigenvalue weighted by molar-refractivity contribution is 6.30. The standard InChI is InChI=1S/C14H17ClO/c1-10(16)13-4-2-3-5-14(13)11-6-8-12(15)9-7-11/h6-9,13-14H,2-5H2,1H3. The highest BCUT2D eigenvalue weighted by Gasteiger charge is 2.29. The number of hydrogen-bond acceptors (Lipinski definition) is 1. The van der Waals surface area contributed by atoms with Crippen molar-refractivity contribution in [3.05, 3.63) is 34.9 Å². The maximum absolute atomic E-state index is 11.6. The molecule has 1 aromatic rings. The topological polar surface area (TPSA) is 17.1 Å². The summed E-state index contributed by atoms with van der Waals surface area (Å²) in [5, 5.41) is 0.763. The molecule has 2 atom stereocenters. The molecule has 0 radical (unpaired) electrons. The first-order chi connectivity index (χ1) is 7.68. The first-order valence-corrected chi connectivity index (χ1v) is 6.32. The molecule has 1 aliphatic rings. The molecule has 0 aromatic heterocycles. The predicted molar refractivity (Wildman–Crippen MR) is 66.8 cm³/mol. The summed E-state index contributed by atoms with van der Waals surface area (Å²) in [5.41, 5.74) is 1.27. The molecule has 1 saturated carbocycles. The summed E-state index contributed by atoms with van der Waals surface area (Å²) in [6, 6.07) is 7.97. The van der Waals surface area contributed by atoms with Crippen LogP contribution in [-0.2, 0) is 4.79 Å². The molecule has 1 aliphatic carbocycles. The Labute approximate surface area is 102 Å². The molecule has 1 nitrogen and oxygen atoms in total. The number of halogens is 1. The number of hydrogen-bond donors (Lipinski definition) is 0. The van der Waals surface area contributed by atoms with E-state index in [1.54, 1.807) is 6.92 Å². The van der Waals surface area contributed by atoms with Crippen molar-refractivity contribution in [2.75, 3.05) is 0 Å². The molecule has 1 aromatic carbocycles. The predicted octanol–water partition coefficient (Wildman–Crippen LogP) is 4.20. The van der Waals surface area contributed by atoms with E-state index >= 15 is 0 Å². The second-order valence-electron chi connectivity index (χ2n) is 4.66. The van der Waals surface area contributed by atoms with Crippen molar-refractivity contribution in [2.24, 2.45) is 5.92 Å². The third-order valence-electron chi connectivity index (χ3n) is 3.59. The van der Waals surface area contributed by atoms with E-state index in [9.17, 15) is 4.79 Å². The molecule has 0 N–H and O–H groups in total. The Hall–Kier alpha value is -0.820. The van der Waals surface area contributed by atoms with Crippen molar-refractivity contribution >= 4 is 17.4 Å². The summed E-state index contributed by atoms with van der Waals surface area (Å²) in [6.45, 7) is 1.72. The lowest BCUT2D eigenvalue weighted by molar-refractivity contribution is -0.122. The lowest BCUT2D eigenvalue weighted by Gasteiger charge is -2.30. The fourth-order valence-corrected chi connectivity index (χ4v) is 2.85. The van der Waals surface area contributed by atoms with Crippen molar-refractivity contribution in [3.63, 3.8) is 0 Å². The smallest absolute Gasteiger partial charge is 0.133 e. The van der Waals surface area contributed by atoms with Crippen LogP contribution in [0.15, 0.2) is 24.3 Å². The van der Waals surface area contributed by atoms with Crippen LogP contribution in [0, 0.1) is 5.92 Å². The SMILES string of the molecule is CC(=O)C1CCCCC1c1ccc(Cl)cc1. The Kier molecular flexibility index (Phi) is 3.65. The third kappa shape index (κ3) is 2.46. The molecule has 2 rings (SSSR count). The second-order valence-corrected chi connectivity index (χ2v) is 5.10. The first kappa shape index (κ1) is 11.7. The van der Waals surface area contributed by atoms with Gasteiger partial charge in [0.25, 0.3) is 0 Å². The Morgan fingerprint density at radius 1 is 1.19 bits per heavy atom. The van der Waals surface area contributed by atoms with Gasteiger partial charge in [-0.15, -0.1) is 0 Å². The molecular formula is C14H17ClO. The summed E-state index contributed by atoms with van der Waals surface area (Å²) >= 11 is 5.88. The fraction of sp³-hybridized carbons (Fsp3) is 0.500. The fourth-order valence-electron chi connectivity index (χ4n) is 2.73. The van der Waals surface area contributed by atoms with Gasteiger partial charge in [-0.2, -0.15) is 0 Å². The van der Waals surface area contributed by atoms with E-state index in [0.717, 1.165) is 17.9 Å². The zero-order chi connectivity index (χ0) is 11.5. The van der Waals surface area contributed by atoms with Gasteiger partial charge in [0, 0.05) is 10.9 Å². The number of ketones is 1. The van der Waals surface area contributed by atoms with Gasteiger partial charge in [0.2, 0.25) is 0 Å². The lowest BCUT2D eigenvalue weighted by atomic mass is 9.74. The molecule has 2 unspecified atom stereocenters. The van der Waals surface area contributed by atoms with Crippen LogP contribution in [0.3, 0.4) is 0 Å². The first-order valence-electron chi connectivity index (χ1n) is 5.94. The summed E-state index contributed by atoms with van der Waals surface area (Å²) < 4.78 is 0. The van der Waals surface area contributed by atoms with Gasteiger partial charge in [-0.1, -0.05) is 36.6 Å². The van der Waals surface area contributed by atoms with E-state index in [-0.39, 0.29) is 5.92 Å². The molecule has 2 heteroatoms. The third-order valence-corrected chi connectivity index (χ3v) is 3.84. The van der Waals surface area contributed by atoms with Crippen molar-refractivity contribution in [1.82, 2.24) is 0 Å². The van der Waals surface area contributed by atoms with Crippen molar-refractivity contribution < 1.29 is 4.79 Å². The van der Waals surface area contributed by atoms with Gasteiger partial charge < -0.3 is 0 Å². The lowest BCUT2D eigenvalue weighted by Crippen LogP contribution is -2.23. The van der Waals surface area contributed by atoms with Crippen LogP contribution < -0.4 is 0 Å². The maximum atomic E-state index is 11.6. The minimum absolute atomic E-state index is 0.218. The molecule has 0 amide bonds. The van der Waals surface area contributed by atoms with Gasteiger partial charge in [-0.05, 0) is 43.4 Å². The quantitative estimate of drug-likeness (QED) is 0.752. The van der Waals surface area contributed by atoms with Gasteiger partial charge in [-0.3, -0.25) is 4.79 Å². The highest BCUT2D eigenvalue weighted by atomic mass is 35.5. The minimum Gasteiger partial charge on any atom is -0.300 e. The zero-order valence-corrected chi connectivity index (χ0v) is 10.3. The van der Waals surface area contributed by atoms with Crippen LogP contribution in [0.1, 0.15) is 44.1 Å². The van der Waals surface area contributed by atoms with Gasteiger partial charge in [0.15, 0.2) is 0 Å². The van der Waals surface area contributed by atoms with Crippen LogP contribution in [0.5, 0.6) is 0 Å². The molecule has 0 aliphatic heterocycles. The van der Waals surface area contributed by atoms with Crippen molar-refractivity contribution in [1.29, 1.82) is 0 Å². The van der Waals surface area contributed by atoms with Crippen LogP contribution in [0.25, 0.3) is 0 Å². The number of Topliss-reactive ketones (excluding diaryl/α,β-unsaturated/α-hetero) is 1. The highest BCUT2D eigenvalue weighted by Crippen LogP contribution is 2.38. The van der Waals surface area contributed by atoms with E-state index in [1.165, 1.54) is 18.4 Å². The monoisotopic (exact) mass is 236 g/mol. The number of carbonyl (C=O) groups is 1. The molecule has 16 heavy (non-hydrogen) atoms. The Morgan fingerprint density at radius 2 is 1.81 bits per heavy atom. The number of benzene rings is 1. The number of rotatable bonds is 2. The Bertz CT molecular complexity index is 369.